The predicted molar refractivity (Wildman–Crippen MR) is 60.2 cm³/mol. The van der Waals surface area contributed by atoms with Crippen LogP contribution in [0, 0.1) is 11.8 Å². The van der Waals surface area contributed by atoms with Crippen molar-refractivity contribution in [3.63, 3.8) is 0 Å². The van der Waals surface area contributed by atoms with E-state index in [1.807, 2.05) is 0 Å². The molecule has 2 heteroatoms. The number of hydrogen-bond acceptors (Lipinski definition) is 2. The molecule has 2 aliphatic heterocycles. The second-order valence-electron chi connectivity index (χ2n) is 6.07. The molecule has 0 radical (unpaired) electrons. The van der Waals surface area contributed by atoms with Crippen molar-refractivity contribution < 1.29 is 0 Å². The van der Waals surface area contributed by atoms with Crippen LogP contribution in [0.3, 0.4) is 0 Å². The second-order valence-corrected chi connectivity index (χ2v) is 6.07. The Morgan fingerprint density at radius 3 is 1.86 bits per heavy atom. The molecular weight excluding hydrogens is 172 g/mol. The van der Waals surface area contributed by atoms with Crippen LogP contribution in [0.15, 0.2) is 0 Å². The van der Waals surface area contributed by atoms with Gasteiger partial charge in [0, 0.05) is 25.2 Å². The Kier molecular flexibility index (Phi) is 2.85. The van der Waals surface area contributed by atoms with Gasteiger partial charge in [-0.05, 0) is 51.4 Å². The molecule has 0 aromatic rings. The van der Waals surface area contributed by atoms with Crippen molar-refractivity contribution >= 4 is 0 Å². The lowest BCUT2D eigenvalue weighted by molar-refractivity contribution is 0.209. The van der Waals surface area contributed by atoms with Crippen LogP contribution >= 0.6 is 0 Å². The highest BCUT2D eigenvalue weighted by Gasteiger charge is 2.30. The molecule has 2 nitrogen and oxygen atoms in total. The van der Waals surface area contributed by atoms with E-state index in [2.05, 4.69) is 18.7 Å². The number of rotatable bonds is 2. The van der Waals surface area contributed by atoms with Crippen LogP contribution in [-0.4, -0.2) is 30.1 Å². The van der Waals surface area contributed by atoms with E-state index in [4.69, 9.17) is 5.73 Å². The molecule has 1 saturated carbocycles. The van der Waals surface area contributed by atoms with E-state index >= 15 is 0 Å². The Morgan fingerprint density at radius 2 is 1.50 bits per heavy atom. The first-order chi connectivity index (χ1) is 6.53. The molecule has 3 aliphatic rings. The van der Waals surface area contributed by atoms with E-state index in [1.165, 1.54) is 38.8 Å². The van der Waals surface area contributed by atoms with Crippen molar-refractivity contribution in [2.24, 2.45) is 17.6 Å². The predicted octanol–water partition coefficient (Wildman–Crippen LogP) is 1.85. The quantitative estimate of drug-likeness (QED) is 0.730. The molecule has 2 saturated heterocycles. The van der Waals surface area contributed by atoms with E-state index in [0.29, 0.717) is 0 Å². The highest BCUT2D eigenvalue weighted by Crippen LogP contribution is 2.33. The molecule has 0 spiro atoms. The van der Waals surface area contributed by atoms with Gasteiger partial charge < -0.3 is 10.6 Å². The van der Waals surface area contributed by atoms with E-state index < -0.39 is 0 Å². The first-order valence-electron chi connectivity index (χ1n) is 6.04. The van der Waals surface area contributed by atoms with E-state index in [0.717, 1.165) is 18.4 Å². The average molecular weight is 196 g/mol. The van der Waals surface area contributed by atoms with Gasteiger partial charge in [0.15, 0.2) is 0 Å². The molecule has 0 aromatic heterocycles. The van der Waals surface area contributed by atoms with Crippen LogP contribution in [0.4, 0.5) is 0 Å². The maximum absolute atomic E-state index is 6.09. The van der Waals surface area contributed by atoms with Gasteiger partial charge in [0.2, 0.25) is 0 Å². The van der Waals surface area contributed by atoms with Crippen LogP contribution in [0.1, 0.15) is 39.5 Å². The summed E-state index contributed by atoms with van der Waals surface area (Å²) in [5, 5.41) is 0. The molecule has 3 fully saturated rings. The highest BCUT2D eigenvalue weighted by molar-refractivity contribution is 4.86. The van der Waals surface area contributed by atoms with Gasteiger partial charge in [-0.2, -0.15) is 0 Å². The second kappa shape index (κ2) is 3.82. The first-order valence-corrected chi connectivity index (χ1v) is 6.04. The van der Waals surface area contributed by atoms with E-state index in [-0.39, 0.29) is 5.54 Å². The SMILES string of the molecule is CC(C)(N)CN1CC2CCC(CC2)C1. The normalized spacial score (nSPS) is 34.5. The van der Waals surface area contributed by atoms with Crippen molar-refractivity contribution in [3.05, 3.63) is 0 Å². The Hall–Kier alpha value is -0.0800. The zero-order chi connectivity index (χ0) is 10.2. The van der Waals surface area contributed by atoms with Gasteiger partial charge in [-0.1, -0.05) is 0 Å². The van der Waals surface area contributed by atoms with Gasteiger partial charge in [0.25, 0.3) is 0 Å². The fraction of sp³-hybridized carbons (Fsp3) is 1.00. The third kappa shape index (κ3) is 2.71. The number of nitrogens with zero attached hydrogens (tertiary/aromatic N) is 1. The summed E-state index contributed by atoms with van der Waals surface area (Å²) in [5.41, 5.74) is 6.06. The first kappa shape index (κ1) is 10.4. The van der Waals surface area contributed by atoms with Gasteiger partial charge in [-0.15, -0.1) is 0 Å². The molecule has 82 valence electrons. The molecule has 0 amide bonds. The molecule has 2 bridgehead atoms. The van der Waals surface area contributed by atoms with Crippen LogP contribution in [0.25, 0.3) is 0 Å². The Bertz CT molecular complexity index is 173. The topological polar surface area (TPSA) is 29.3 Å². The highest BCUT2D eigenvalue weighted by atomic mass is 15.2. The Labute approximate surface area is 87.8 Å². The third-order valence-electron chi connectivity index (χ3n) is 3.63. The lowest BCUT2D eigenvalue weighted by Crippen LogP contribution is -2.46. The molecule has 2 heterocycles. The Balaban J connectivity index is 1.94. The van der Waals surface area contributed by atoms with Crippen LogP contribution in [-0.2, 0) is 0 Å². The number of hydrogen-bond donors (Lipinski definition) is 1. The fourth-order valence-corrected chi connectivity index (χ4v) is 3.11. The molecular formula is C12H24N2. The minimum atomic E-state index is -0.0240. The van der Waals surface area contributed by atoms with Gasteiger partial charge in [-0.25, -0.2) is 0 Å². The third-order valence-corrected chi connectivity index (χ3v) is 3.63. The summed E-state index contributed by atoms with van der Waals surface area (Å²) in [7, 11) is 0. The van der Waals surface area contributed by atoms with Crippen molar-refractivity contribution in [2.45, 2.75) is 45.1 Å². The maximum Gasteiger partial charge on any atom is 0.0226 e. The monoisotopic (exact) mass is 196 g/mol. The van der Waals surface area contributed by atoms with Crippen LogP contribution < -0.4 is 5.73 Å². The van der Waals surface area contributed by atoms with Gasteiger partial charge in [0.05, 0.1) is 0 Å². The van der Waals surface area contributed by atoms with Gasteiger partial charge in [0.1, 0.15) is 0 Å². The van der Waals surface area contributed by atoms with Gasteiger partial charge >= 0.3 is 0 Å². The zero-order valence-corrected chi connectivity index (χ0v) is 9.63. The Morgan fingerprint density at radius 1 is 1.07 bits per heavy atom. The largest absolute Gasteiger partial charge is 0.324 e. The van der Waals surface area contributed by atoms with Crippen molar-refractivity contribution in [3.8, 4) is 0 Å². The molecule has 0 unspecified atom stereocenters. The molecule has 2 N–H and O–H groups in total. The average Bonchev–Trinajstić information content (AvgIpc) is 2.31. The van der Waals surface area contributed by atoms with Crippen LogP contribution in [0.2, 0.25) is 0 Å². The maximum atomic E-state index is 6.09. The summed E-state index contributed by atoms with van der Waals surface area (Å²) in [6.07, 6.45) is 5.86. The summed E-state index contributed by atoms with van der Waals surface area (Å²) in [4.78, 5) is 2.61. The van der Waals surface area contributed by atoms with Crippen LogP contribution in [0.5, 0.6) is 0 Å². The molecule has 0 atom stereocenters. The summed E-state index contributed by atoms with van der Waals surface area (Å²) < 4.78 is 0. The van der Waals surface area contributed by atoms with Crippen molar-refractivity contribution in [1.29, 1.82) is 0 Å². The fourth-order valence-electron chi connectivity index (χ4n) is 3.11. The van der Waals surface area contributed by atoms with E-state index in [1.54, 1.807) is 0 Å². The van der Waals surface area contributed by atoms with Gasteiger partial charge in [-0.3, -0.25) is 0 Å². The standard InChI is InChI=1S/C12H24N2/c1-12(2,13)9-14-7-10-3-4-11(8-14)6-5-10/h10-11H,3-9,13H2,1-2H3. The molecule has 1 aliphatic carbocycles. The van der Waals surface area contributed by atoms with E-state index in [9.17, 15) is 0 Å². The van der Waals surface area contributed by atoms with Crippen molar-refractivity contribution in [2.75, 3.05) is 19.6 Å². The smallest absolute Gasteiger partial charge is 0.0226 e. The zero-order valence-electron chi connectivity index (χ0n) is 9.63. The summed E-state index contributed by atoms with van der Waals surface area (Å²) in [5.74, 6) is 1.94. The number of nitrogens with two attached hydrogens (primary N) is 1. The van der Waals surface area contributed by atoms with Crippen molar-refractivity contribution in [1.82, 2.24) is 4.90 Å². The summed E-state index contributed by atoms with van der Waals surface area (Å²) in [6.45, 7) is 7.95. The molecule has 14 heavy (non-hydrogen) atoms. The summed E-state index contributed by atoms with van der Waals surface area (Å²) >= 11 is 0. The summed E-state index contributed by atoms with van der Waals surface area (Å²) in [6, 6.07) is 0. The lowest BCUT2D eigenvalue weighted by Gasteiger charge is -2.29. The molecule has 3 rings (SSSR count). The minimum absolute atomic E-state index is 0.0240. The molecule has 0 aromatic carbocycles. The lowest BCUT2D eigenvalue weighted by atomic mass is 9.84. The number of fused-ring (bicyclic) bond motifs is 4. The minimum Gasteiger partial charge on any atom is -0.324 e.